The van der Waals surface area contributed by atoms with E-state index in [1.165, 1.54) is 12.0 Å². The lowest BCUT2D eigenvalue weighted by Crippen LogP contribution is -2.33. The number of aliphatic hydroxyl groups is 1. The van der Waals surface area contributed by atoms with Gasteiger partial charge < -0.3 is 9.84 Å². The minimum atomic E-state index is -0.685. The summed E-state index contributed by atoms with van der Waals surface area (Å²) in [6.07, 6.45) is 1.59. The van der Waals surface area contributed by atoms with Gasteiger partial charge in [-0.1, -0.05) is 12.1 Å². The summed E-state index contributed by atoms with van der Waals surface area (Å²) in [5.74, 6) is -0.453. The second-order valence-electron chi connectivity index (χ2n) is 5.26. The van der Waals surface area contributed by atoms with Crippen molar-refractivity contribution in [3.05, 3.63) is 29.8 Å². The Balaban J connectivity index is 2.28. The Morgan fingerprint density at radius 2 is 2.05 bits per heavy atom. The quantitative estimate of drug-likeness (QED) is 0.565. The van der Waals surface area contributed by atoms with E-state index in [1.54, 1.807) is 11.8 Å². The van der Waals surface area contributed by atoms with E-state index in [4.69, 9.17) is 4.74 Å². The van der Waals surface area contributed by atoms with Crippen molar-refractivity contribution >= 4 is 17.7 Å². The largest absolute Gasteiger partial charge is 0.469 e. The van der Waals surface area contributed by atoms with Crippen LogP contribution in [0.3, 0.4) is 0 Å². The number of nitrogens with one attached hydrogen (secondary N) is 2. The molecule has 1 fully saturated rings. The average Bonchev–Trinajstić information content (AvgIpc) is 2.84. The molecule has 0 bridgehead atoms. The van der Waals surface area contributed by atoms with Crippen molar-refractivity contribution in [2.24, 2.45) is 5.92 Å². The molecule has 2 rings (SSSR count). The summed E-state index contributed by atoms with van der Waals surface area (Å²) in [5.41, 5.74) is 6.90. The zero-order chi connectivity index (χ0) is 15.4. The van der Waals surface area contributed by atoms with E-state index < -0.39 is 6.23 Å². The second kappa shape index (κ2) is 7.26. The minimum absolute atomic E-state index is 0.0647. The van der Waals surface area contributed by atoms with Gasteiger partial charge in [0, 0.05) is 22.8 Å². The number of esters is 1. The third kappa shape index (κ3) is 3.77. The molecule has 3 N–H and O–H groups in total. The van der Waals surface area contributed by atoms with Gasteiger partial charge in [-0.15, -0.1) is 11.8 Å². The maximum absolute atomic E-state index is 11.7. The first-order chi connectivity index (χ1) is 10.1. The molecule has 116 valence electrons. The zero-order valence-electron chi connectivity index (χ0n) is 12.5. The average molecular weight is 310 g/mol. The number of ether oxygens (including phenoxy) is 1. The van der Waals surface area contributed by atoms with Crippen LogP contribution in [-0.2, 0) is 9.53 Å². The molecule has 1 aliphatic heterocycles. The van der Waals surface area contributed by atoms with Gasteiger partial charge in [0.1, 0.15) is 6.23 Å². The Morgan fingerprint density at radius 3 is 2.52 bits per heavy atom. The summed E-state index contributed by atoms with van der Waals surface area (Å²) >= 11 is 1.68. The van der Waals surface area contributed by atoms with Gasteiger partial charge in [-0.2, -0.15) is 0 Å². The fraction of sp³-hybridized carbons (Fsp3) is 0.533. The van der Waals surface area contributed by atoms with Crippen LogP contribution in [0.25, 0.3) is 0 Å². The molecule has 4 atom stereocenters. The lowest BCUT2D eigenvalue weighted by Gasteiger charge is -2.27. The second-order valence-corrected chi connectivity index (χ2v) is 6.14. The standard InChI is InChI=1S/C15H22N2O3S/c1-9-14(15(19)17-16-9)12(8-13(18)20-2)10-4-6-11(21-3)7-5-10/h4-7,9,12,14-17,19H,8H2,1-3H3. The summed E-state index contributed by atoms with van der Waals surface area (Å²) in [6.45, 7) is 1.99. The molecule has 1 aromatic carbocycles. The Hall–Kier alpha value is -1.08. The zero-order valence-corrected chi connectivity index (χ0v) is 13.3. The molecular formula is C15H22N2O3S. The Labute approximate surface area is 129 Å². The van der Waals surface area contributed by atoms with Crippen LogP contribution in [-0.4, -0.2) is 36.7 Å². The molecule has 0 radical (unpaired) electrons. The summed E-state index contributed by atoms with van der Waals surface area (Å²) in [5, 5.41) is 10.1. The van der Waals surface area contributed by atoms with Crippen molar-refractivity contribution in [1.29, 1.82) is 0 Å². The van der Waals surface area contributed by atoms with Gasteiger partial charge in [-0.05, 0) is 30.9 Å². The lowest BCUT2D eigenvalue weighted by atomic mass is 9.79. The van der Waals surface area contributed by atoms with E-state index in [0.29, 0.717) is 0 Å². The molecule has 0 aromatic heterocycles. The van der Waals surface area contributed by atoms with Gasteiger partial charge in [0.2, 0.25) is 0 Å². The van der Waals surface area contributed by atoms with Crippen LogP contribution >= 0.6 is 11.8 Å². The monoisotopic (exact) mass is 310 g/mol. The number of hydrazine groups is 1. The maximum Gasteiger partial charge on any atom is 0.306 e. The van der Waals surface area contributed by atoms with Gasteiger partial charge in [0.25, 0.3) is 0 Å². The molecule has 0 amide bonds. The number of thioether (sulfide) groups is 1. The summed E-state index contributed by atoms with van der Waals surface area (Å²) in [6, 6.07) is 8.19. The highest BCUT2D eigenvalue weighted by molar-refractivity contribution is 7.98. The SMILES string of the molecule is COC(=O)CC(c1ccc(SC)cc1)C1C(C)NNC1O. The first kappa shape index (κ1) is 16.3. The third-order valence-electron chi connectivity index (χ3n) is 4.02. The van der Waals surface area contributed by atoms with Gasteiger partial charge in [-0.3, -0.25) is 10.2 Å². The maximum atomic E-state index is 11.7. The first-order valence-corrected chi connectivity index (χ1v) is 8.19. The summed E-state index contributed by atoms with van der Waals surface area (Å²) in [4.78, 5) is 12.9. The molecule has 21 heavy (non-hydrogen) atoms. The van der Waals surface area contributed by atoms with Crippen LogP contribution in [0, 0.1) is 5.92 Å². The molecule has 5 nitrogen and oxygen atoms in total. The van der Waals surface area contributed by atoms with Crippen LogP contribution < -0.4 is 10.9 Å². The van der Waals surface area contributed by atoms with Crippen molar-refractivity contribution in [2.75, 3.05) is 13.4 Å². The Bertz CT molecular complexity index is 470. The molecule has 0 spiro atoms. The molecule has 1 heterocycles. The van der Waals surface area contributed by atoms with Crippen molar-refractivity contribution in [3.8, 4) is 0 Å². The molecule has 6 heteroatoms. The molecule has 0 saturated carbocycles. The van der Waals surface area contributed by atoms with Gasteiger partial charge >= 0.3 is 5.97 Å². The van der Waals surface area contributed by atoms with Crippen LogP contribution in [0.5, 0.6) is 0 Å². The highest BCUT2D eigenvalue weighted by Gasteiger charge is 2.39. The highest BCUT2D eigenvalue weighted by atomic mass is 32.2. The van der Waals surface area contributed by atoms with E-state index in [1.807, 2.05) is 37.4 Å². The van der Waals surface area contributed by atoms with Gasteiger partial charge in [-0.25, -0.2) is 5.43 Å². The van der Waals surface area contributed by atoms with Crippen molar-refractivity contribution in [1.82, 2.24) is 10.9 Å². The van der Waals surface area contributed by atoms with E-state index in [-0.39, 0.29) is 30.3 Å². The number of aliphatic hydroxyl groups excluding tert-OH is 1. The van der Waals surface area contributed by atoms with Crippen molar-refractivity contribution in [3.63, 3.8) is 0 Å². The fourth-order valence-electron chi connectivity index (χ4n) is 2.84. The smallest absolute Gasteiger partial charge is 0.306 e. The Morgan fingerprint density at radius 1 is 1.38 bits per heavy atom. The van der Waals surface area contributed by atoms with Crippen LogP contribution in [0.15, 0.2) is 29.2 Å². The number of methoxy groups -OCH3 is 1. The number of hydrogen-bond acceptors (Lipinski definition) is 6. The molecular weight excluding hydrogens is 288 g/mol. The Kier molecular flexibility index (Phi) is 5.64. The highest BCUT2D eigenvalue weighted by Crippen LogP contribution is 2.35. The minimum Gasteiger partial charge on any atom is -0.469 e. The molecule has 4 unspecified atom stereocenters. The van der Waals surface area contributed by atoms with Gasteiger partial charge in [0.15, 0.2) is 0 Å². The molecule has 1 saturated heterocycles. The number of hydrogen-bond donors (Lipinski definition) is 3. The van der Waals surface area contributed by atoms with E-state index in [2.05, 4.69) is 10.9 Å². The number of carbonyl (C=O) groups is 1. The first-order valence-electron chi connectivity index (χ1n) is 6.96. The van der Waals surface area contributed by atoms with Crippen LogP contribution in [0.2, 0.25) is 0 Å². The predicted octanol–water partition coefficient (Wildman–Crippen LogP) is 1.49. The van der Waals surface area contributed by atoms with Crippen LogP contribution in [0.1, 0.15) is 24.8 Å². The number of rotatable bonds is 5. The van der Waals surface area contributed by atoms with E-state index in [0.717, 1.165) is 5.56 Å². The third-order valence-corrected chi connectivity index (χ3v) is 4.77. The fourth-order valence-corrected chi connectivity index (χ4v) is 3.25. The van der Waals surface area contributed by atoms with Crippen LogP contribution in [0.4, 0.5) is 0 Å². The van der Waals surface area contributed by atoms with E-state index in [9.17, 15) is 9.90 Å². The number of benzene rings is 1. The van der Waals surface area contributed by atoms with E-state index >= 15 is 0 Å². The van der Waals surface area contributed by atoms with Gasteiger partial charge in [0.05, 0.1) is 13.5 Å². The van der Waals surface area contributed by atoms with Crippen molar-refractivity contribution in [2.45, 2.75) is 36.4 Å². The summed E-state index contributed by atoms with van der Waals surface area (Å²) < 4.78 is 4.81. The lowest BCUT2D eigenvalue weighted by molar-refractivity contribution is -0.141. The van der Waals surface area contributed by atoms with Crippen molar-refractivity contribution < 1.29 is 14.6 Å². The topological polar surface area (TPSA) is 70.6 Å². The molecule has 1 aromatic rings. The molecule has 0 aliphatic carbocycles. The summed E-state index contributed by atoms with van der Waals surface area (Å²) in [7, 11) is 1.39. The normalized spacial score (nSPS) is 26.6. The number of carbonyl (C=O) groups excluding carboxylic acids is 1. The molecule has 1 aliphatic rings. The predicted molar refractivity (Wildman–Crippen MR) is 82.8 cm³/mol.